The van der Waals surface area contributed by atoms with Crippen molar-refractivity contribution in [2.24, 2.45) is 5.92 Å². The van der Waals surface area contributed by atoms with Gasteiger partial charge in [-0.15, -0.1) is 24.5 Å². The molecule has 4 aromatic rings. The zero-order valence-electron chi connectivity index (χ0n) is 22.6. The smallest absolute Gasteiger partial charge is 0.406 e. The van der Waals surface area contributed by atoms with E-state index in [0.717, 1.165) is 16.5 Å². The summed E-state index contributed by atoms with van der Waals surface area (Å²) < 4.78 is 57.0. The number of ether oxygens (including phenoxy) is 1. The molecular weight excluding hydrogens is 580 g/mol. The molecule has 0 unspecified atom stereocenters. The van der Waals surface area contributed by atoms with Crippen LogP contribution in [0, 0.1) is 25.6 Å². The zero-order chi connectivity index (χ0) is 30.3. The Balaban J connectivity index is 1.50. The lowest BCUT2D eigenvalue weighted by Crippen LogP contribution is -2.35. The number of hydrogen-bond acceptors (Lipinski definition) is 11. The molecule has 10 nitrogen and oxygen atoms in total. The first-order chi connectivity index (χ1) is 19.8. The van der Waals surface area contributed by atoms with E-state index in [0.29, 0.717) is 27.8 Å². The molecule has 1 saturated carbocycles. The molecule has 1 aromatic carbocycles. The first-order valence-electron chi connectivity index (χ1n) is 13.0. The summed E-state index contributed by atoms with van der Waals surface area (Å²) in [7, 11) is 0. The number of fused-ring (bicyclic) bond motifs is 1. The van der Waals surface area contributed by atoms with Crippen molar-refractivity contribution in [1.29, 1.82) is 0 Å². The molecule has 0 amide bonds. The number of halogens is 4. The first kappa shape index (κ1) is 29.8. The highest BCUT2D eigenvalue weighted by atomic mass is 32.1. The standard InChI is InChI=1S/C27H28F4N6O4S/c1-11(16-5-4-15(9-17(16)28)41-27(29,30)31)33-26-34-12(2)20(25-36-21-13(3)32-7-6-19(21)42-25)24(37-26)35-18-8-14(10-38)22(39)23(18)40/h4-7,9,11,14,18,22-23,38-40H,8,10H2,1-3H3,(H2,33,34,35,37)/t11-,14-,18-,22-,23+/m1/s1. The summed E-state index contributed by atoms with van der Waals surface area (Å²) >= 11 is 1.40. The summed E-state index contributed by atoms with van der Waals surface area (Å²) in [6, 6.07) is 3.26. The Labute approximate surface area is 241 Å². The van der Waals surface area contributed by atoms with Crippen molar-refractivity contribution in [3.63, 3.8) is 0 Å². The molecule has 1 aliphatic carbocycles. The molecule has 0 bridgehead atoms. The molecule has 3 aromatic heterocycles. The van der Waals surface area contributed by atoms with Gasteiger partial charge in [-0.3, -0.25) is 4.98 Å². The van der Waals surface area contributed by atoms with Gasteiger partial charge in [-0.05, 0) is 39.3 Å². The Hall–Kier alpha value is -3.66. The summed E-state index contributed by atoms with van der Waals surface area (Å²) in [6.07, 6.45) is -5.33. The lowest BCUT2D eigenvalue weighted by Gasteiger charge is -2.22. The van der Waals surface area contributed by atoms with E-state index in [4.69, 9.17) is 4.98 Å². The molecule has 0 radical (unpaired) electrons. The minimum absolute atomic E-state index is 0.0543. The van der Waals surface area contributed by atoms with E-state index in [1.165, 1.54) is 17.4 Å². The van der Waals surface area contributed by atoms with Crippen molar-refractivity contribution in [2.75, 3.05) is 17.2 Å². The number of benzene rings is 1. The van der Waals surface area contributed by atoms with Crippen LogP contribution in [0.3, 0.4) is 0 Å². The third-order valence-corrected chi connectivity index (χ3v) is 8.21. The number of anilines is 2. The van der Waals surface area contributed by atoms with Gasteiger partial charge >= 0.3 is 6.36 Å². The van der Waals surface area contributed by atoms with E-state index in [9.17, 15) is 32.9 Å². The third-order valence-electron chi connectivity index (χ3n) is 7.17. The maximum atomic E-state index is 14.8. The monoisotopic (exact) mass is 608 g/mol. The van der Waals surface area contributed by atoms with E-state index < -0.39 is 48.1 Å². The lowest BCUT2D eigenvalue weighted by molar-refractivity contribution is -0.274. The number of aliphatic hydroxyl groups is 3. The molecule has 42 heavy (non-hydrogen) atoms. The van der Waals surface area contributed by atoms with E-state index >= 15 is 0 Å². The highest BCUT2D eigenvalue weighted by molar-refractivity contribution is 7.21. The van der Waals surface area contributed by atoms with Gasteiger partial charge in [0.25, 0.3) is 0 Å². The van der Waals surface area contributed by atoms with Crippen molar-refractivity contribution in [2.45, 2.75) is 57.8 Å². The highest BCUT2D eigenvalue weighted by Gasteiger charge is 2.41. The van der Waals surface area contributed by atoms with Crippen LogP contribution in [0.4, 0.5) is 29.3 Å². The lowest BCUT2D eigenvalue weighted by atomic mass is 10.1. The molecule has 5 N–H and O–H groups in total. The van der Waals surface area contributed by atoms with Gasteiger partial charge in [0.2, 0.25) is 5.95 Å². The Morgan fingerprint density at radius 1 is 1.10 bits per heavy atom. The Kier molecular flexibility index (Phi) is 8.20. The summed E-state index contributed by atoms with van der Waals surface area (Å²) in [6.45, 7) is 4.86. The summed E-state index contributed by atoms with van der Waals surface area (Å²) in [5.41, 5.74) is 2.54. The van der Waals surface area contributed by atoms with E-state index in [-0.39, 0.29) is 30.4 Å². The number of aryl methyl sites for hydroxylation is 2. The average molecular weight is 609 g/mol. The van der Waals surface area contributed by atoms with Crippen molar-refractivity contribution >= 4 is 33.3 Å². The molecule has 1 aliphatic rings. The largest absolute Gasteiger partial charge is 0.573 e. The van der Waals surface area contributed by atoms with Crippen LogP contribution in [0.1, 0.15) is 36.3 Å². The van der Waals surface area contributed by atoms with Gasteiger partial charge in [-0.1, -0.05) is 6.07 Å². The molecule has 5 rings (SSSR count). The van der Waals surface area contributed by atoms with Crippen molar-refractivity contribution in [3.8, 4) is 16.3 Å². The maximum absolute atomic E-state index is 14.8. The van der Waals surface area contributed by atoms with Crippen LogP contribution < -0.4 is 15.4 Å². The third kappa shape index (κ3) is 6.09. The Morgan fingerprint density at radius 2 is 1.86 bits per heavy atom. The zero-order valence-corrected chi connectivity index (χ0v) is 23.5. The number of aromatic nitrogens is 4. The molecule has 0 aliphatic heterocycles. The number of pyridine rings is 1. The van der Waals surface area contributed by atoms with E-state index in [1.54, 1.807) is 20.0 Å². The number of aliphatic hydroxyl groups excluding tert-OH is 3. The number of hydrogen-bond donors (Lipinski definition) is 5. The fourth-order valence-corrected chi connectivity index (χ4v) is 6.15. The van der Waals surface area contributed by atoms with Crippen molar-refractivity contribution in [1.82, 2.24) is 19.9 Å². The van der Waals surface area contributed by atoms with Gasteiger partial charge in [0.15, 0.2) is 0 Å². The van der Waals surface area contributed by atoms with Crippen LogP contribution in [0.25, 0.3) is 20.8 Å². The molecular formula is C27H28F4N6O4S. The van der Waals surface area contributed by atoms with Gasteiger partial charge in [-0.2, -0.15) is 4.98 Å². The second-order valence-corrected chi connectivity index (χ2v) is 11.2. The maximum Gasteiger partial charge on any atom is 0.573 e. The predicted molar refractivity (Wildman–Crippen MR) is 148 cm³/mol. The van der Waals surface area contributed by atoms with Gasteiger partial charge in [0, 0.05) is 30.4 Å². The highest BCUT2D eigenvalue weighted by Crippen LogP contribution is 2.39. The minimum atomic E-state index is -4.95. The SMILES string of the molecule is Cc1nc(N[C@H](C)c2ccc(OC(F)(F)F)cc2F)nc(N[C@@H]2C[C@H](CO)[C@@H](O)[C@H]2O)c1-c1nc2c(C)nccc2s1. The van der Waals surface area contributed by atoms with Gasteiger partial charge in [0.05, 0.1) is 39.8 Å². The van der Waals surface area contributed by atoms with Gasteiger partial charge < -0.3 is 30.7 Å². The number of thiazole rings is 1. The molecule has 0 saturated heterocycles. The molecule has 3 heterocycles. The minimum Gasteiger partial charge on any atom is -0.406 e. The van der Waals surface area contributed by atoms with Crippen molar-refractivity contribution in [3.05, 3.63) is 53.2 Å². The topological polar surface area (TPSA) is 146 Å². The molecule has 0 spiro atoms. The number of nitrogens with one attached hydrogen (secondary N) is 2. The quantitative estimate of drug-likeness (QED) is 0.181. The second kappa shape index (κ2) is 11.6. The Bertz CT molecular complexity index is 1600. The number of nitrogens with zero attached hydrogens (tertiary/aromatic N) is 4. The van der Waals surface area contributed by atoms with Gasteiger partial charge in [0.1, 0.15) is 34.0 Å². The van der Waals surface area contributed by atoms with Crippen molar-refractivity contribution < 1.29 is 37.6 Å². The van der Waals surface area contributed by atoms with Crippen LogP contribution in [-0.2, 0) is 0 Å². The summed E-state index contributed by atoms with van der Waals surface area (Å²) in [5, 5.41) is 37.4. The average Bonchev–Trinajstić information content (AvgIpc) is 3.45. The second-order valence-electron chi connectivity index (χ2n) is 10.1. The van der Waals surface area contributed by atoms with Crippen LogP contribution in [0.5, 0.6) is 5.75 Å². The summed E-state index contributed by atoms with van der Waals surface area (Å²) in [5.74, 6) is -1.78. The fraction of sp³-hybridized carbons (Fsp3) is 0.407. The van der Waals surface area contributed by atoms with Gasteiger partial charge in [-0.25, -0.2) is 14.4 Å². The van der Waals surface area contributed by atoms with Crippen LogP contribution in [-0.4, -0.2) is 66.5 Å². The number of alkyl halides is 3. The fourth-order valence-electron chi connectivity index (χ4n) is 5.04. The van der Waals surface area contributed by atoms with Crippen LogP contribution >= 0.6 is 11.3 Å². The molecule has 1 fully saturated rings. The normalized spacial score (nSPS) is 21.5. The predicted octanol–water partition coefficient (Wildman–Crippen LogP) is 4.49. The summed E-state index contributed by atoms with van der Waals surface area (Å²) in [4.78, 5) is 18.2. The molecule has 15 heteroatoms. The van der Waals surface area contributed by atoms with Crippen LogP contribution in [0.2, 0.25) is 0 Å². The molecule has 5 atom stereocenters. The number of rotatable bonds is 8. The van der Waals surface area contributed by atoms with Crippen LogP contribution in [0.15, 0.2) is 30.5 Å². The first-order valence-corrected chi connectivity index (χ1v) is 13.8. The van der Waals surface area contributed by atoms with E-state index in [2.05, 4.69) is 30.3 Å². The molecule has 224 valence electrons. The Morgan fingerprint density at radius 3 is 2.50 bits per heavy atom. The van der Waals surface area contributed by atoms with E-state index in [1.807, 2.05) is 13.0 Å².